The molecule has 0 aromatic heterocycles. The van der Waals surface area contributed by atoms with Gasteiger partial charge in [-0.05, 0) is 58.3 Å². The Morgan fingerprint density at radius 1 is 1.29 bits per heavy atom. The highest BCUT2D eigenvalue weighted by atomic mass is 15.3. The number of hydrogen-bond acceptors (Lipinski definition) is 3. The molecule has 1 N–H and O–H groups in total. The summed E-state index contributed by atoms with van der Waals surface area (Å²) in [5.74, 6) is 0.934. The van der Waals surface area contributed by atoms with Crippen molar-refractivity contribution in [2.24, 2.45) is 5.92 Å². The Labute approximate surface area is 107 Å². The van der Waals surface area contributed by atoms with Crippen LogP contribution in [0.4, 0.5) is 0 Å². The van der Waals surface area contributed by atoms with Gasteiger partial charge >= 0.3 is 0 Å². The standard InChI is InChI=1S/C14H29N3/c1-3-17-10-9-16(12-13(17)2)8-6-14-5-4-7-15-11-14/h13-15H,3-12H2,1-2H3. The maximum Gasteiger partial charge on any atom is 0.0195 e. The second-order valence-electron chi connectivity index (χ2n) is 5.78. The third kappa shape index (κ3) is 3.94. The molecule has 0 aliphatic carbocycles. The number of hydrogen-bond donors (Lipinski definition) is 1. The molecular formula is C14H29N3. The normalized spacial score (nSPS) is 32.8. The lowest BCUT2D eigenvalue weighted by Gasteiger charge is -2.40. The van der Waals surface area contributed by atoms with Crippen molar-refractivity contribution in [3.05, 3.63) is 0 Å². The van der Waals surface area contributed by atoms with E-state index < -0.39 is 0 Å². The average molecular weight is 239 g/mol. The molecule has 2 unspecified atom stereocenters. The first kappa shape index (κ1) is 13.3. The SMILES string of the molecule is CCN1CCN(CCC2CCCNC2)CC1C. The van der Waals surface area contributed by atoms with Crippen molar-refractivity contribution in [2.75, 3.05) is 45.8 Å². The summed E-state index contributed by atoms with van der Waals surface area (Å²) >= 11 is 0. The molecule has 0 spiro atoms. The predicted molar refractivity (Wildman–Crippen MR) is 73.4 cm³/mol. The van der Waals surface area contributed by atoms with Gasteiger partial charge in [0.15, 0.2) is 0 Å². The quantitative estimate of drug-likeness (QED) is 0.800. The summed E-state index contributed by atoms with van der Waals surface area (Å²) in [6, 6.07) is 0.748. The van der Waals surface area contributed by atoms with E-state index in [0.29, 0.717) is 0 Å². The summed E-state index contributed by atoms with van der Waals surface area (Å²) in [4.78, 5) is 5.27. The Morgan fingerprint density at radius 3 is 2.82 bits per heavy atom. The third-order valence-electron chi connectivity index (χ3n) is 4.51. The minimum atomic E-state index is 0.748. The fraction of sp³-hybridized carbons (Fsp3) is 1.00. The van der Waals surface area contributed by atoms with E-state index in [-0.39, 0.29) is 0 Å². The zero-order valence-electron chi connectivity index (χ0n) is 11.6. The maximum absolute atomic E-state index is 3.52. The molecule has 2 saturated heterocycles. The molecule has 0 radical (unpaired) electrons. The van der Waals surface area contributed by atoms with Gasteiger partial charge in [-0.15, -0.1) is 0 Å². The van der Waals surface area contributed by atoms with Crippen LogP contribution in [0.15, 0.2) is 0 Å². The lowest BCUT2D eigenvalue weighted by Crippen LogP contribution is -2.52. The van der Waals surface area contributed by atoms with Crippen LogP contribution in [0.1, 0.15) is 33.1 Å². The van der Waals surface area contributed by atoms with Crippen molar-refractivity contribution in [1.82, 2.24) is 15.1 Å². The Kier molecular flexibility index (Phi) is 5.26. The first-order valence-electron chi connectivity index (χ1n) is 7.46. The molecule has 17 heavy (non-hydrogen) atoms. The number of nitrogens with one attached hydrogen (secondary N) is 1. The molecule has 0 amide bonds. The highest BCUT2D eigenvalue weighted by Crippen LogP contribution is 2.16. The van der Waals surface area contributed by atoms with Crippen LogP contribution in [-0.2, 0) is 0 Å². The van der Waals surface area contributed by atoms with Crippen molar-refractivity contribution in [1.29, 1.82) is 0 Å². The summed E-state index contributed by atoms with van der Waals surface area (Å²) < 4.78 is 0. The van der Waals surface area contributed by atoms with Crippen LogP contribution >= 0.6 is 0 Å². The molecule has 0 aromatic carbocycles. The number of nitrogens with zero attached hydrogens (tertiary/aromatic N) is 2. The number of piperazine rings is 1. The van der Waals surface area contributed by atoms with Crippen molar-refractivity contribution in [2.45, 2.75) is 39.2 Å². The second kappa shape index (κ2) is 6.72. The van der Waals surface area contributed by atoms with Crippen molar-refractivity contribution in [3.8, 4) is 0 Å². The van der Waals surface area contributed by atoms with Crippen LogP contribution < -0.4 is 5.32 Å². The van der Waals surface area contributed by atoms with Gasteiger partial charge in [-0.1, -0.05) is 6.92 Å². The minimum Gasteiger partial charge on any atom is -0.316 e. The highest BCUT2D eigenvalue weighted by molar-refractivity contribution is 4.79. The van der Waals surface area contributed by atoms with E-state index in [9.17, 15) is 0 Å². The Balaban J connectivity index is 1.66. The molecule has 3 heteroatoms. The predicted octanol–water partition coefficient (Wildman–Crippen LogP) is 1.40. The monoisotopic (exact) mass is 239 g/mol. The molecule has 2 fully saturated rings. The lowest BCUT2D eigenvalue weighted by molar-refractivity contribution is 0.0830. The van der Waals surface area contributed by atoms with Crippen molar-refractivity contribution in [3.63, 3.8) is 0 Å². The molecule has 3 nitrogen and oxygen atoms in total. The van der Waals surface area contributed by atoms with Gasteiger partial charge in [-0.2, -0.15) is 0 Å². The first-order chi connectivity index (χ1) is 8.29. The highest BCUT2D eigenvalue weighted by Gasteiger charge is 2.23. The molecule has 0 saturated carbocycles. The molecule has 2 aliphatic rings. The zero-order chi connectivity index (χ0) is 12.1. The van der Waals surface area contributed by atoms with E-state index in [0.717, 1.165) is 12.0 Å². The Bertz CT molecular complexity index is 214. The summed E-state index contributed by atoms with van der Waals surface area (Å²) in [5, 5.41) is 3.52. The van der Waals surface area contributed by atoms with E-state index in [1.807, 2.05) is 0 Å². The fourth-order valence-corrected chi connectivity index (χ4v) is 3.28. The van der Waals surface area contributed by atoms with Gasteiger partial charge in [0.1, 0.15) is 0 Å². The lowest BCUT2D eigenvalue weighted by atomic mass is 9.96. The molecule has 100 valence electrons. The Hall–Kier alpha value is -0.120. The van der Waals surface area contributed by atoms with Crippen LogP contribution in [0.5, 0.6) is 0 Å². The molecule has 0 aromatic rings. The van der Waals surface area contributed by atoms with Gasteiger partial charge in [0.25, 0.3) is 0 Å². The van der Waals surface area contributed by atoms with E-state index in [1.54, 1.807) is 0 Å². The van der Waals surface area contributed by atoms with Crippen LogP contribution in [0.2, 0.25) is 0 Å². The fourth-order valence-electron chi connectivity index (χ4n) is 3.28. The molecule has 2 aliphatic heterocycles. The number of likely N-dealkylation sites (N-methyl/N-ethyl adjacent to an activating group) is 1. The second-order valence-corrected chi connectivity index (χ2v) is 5.78. The largest absolute Gasteiger partial charge is 0.316 e. The van der Waals surface area contributed by atoms with Gasteiger partial charge < -0.3 is 10.2 Å². The van der Waals surface area contributed by atoms with Crippen LogP contribution in [0.25, 0.3) is 0 Å². The van der Waals surface area contributed by atoms with Crippen LogP contribution in [0.3, 0.4) is 0 Å². The molecular weight excluding hydrogens is 210 g/mol. The van der Waals surface area contributed by atoms with Crippen molar-refractivity contribution >= 4 is 0 Å². The van der Waals surface area contributed by atoms with Crippen LogP contribution in [-0.4, -0.2) is 61.7 Å². The maximum atomic E-state index is 3.52. The third-order valence-corrected chi connectivity index (χ3v) is 4.51. The summed E-state index contributed by atoms with van der Waals surface area (Å²) in [6.45, 7) is 13.5. The van der Waals surface area contributed by atoms with E-state index in [1.165, 1.54) is 65.1 Å². The number of piperidine rings is 1. The van der Waals surface area contributed by atoms with Crippen LogP contribution in [0, 0.1) is 5.92 Å². The smallest absolute Gasteiger partial charge is 0.0195 e. The van der Waals surface area contributed by atoms with Gasteiger partial charge in [-0.25, -0.2) is 0 Å². The van der Waals surface area contributed by atoms with Gasteiger partial charge in [-0.3, -0.25) is 4.90 Å². The van der Waals surface area contributed by atoms with E-state index in [4.69, 9.17) is 0 Å². The number of rotatable bonds is 4. The molecule has 2 rings (SSSR count). The molecule has 0 bridgehead atoms. The van der Waals surface area contributed by atoms with Gasteiger partial charge in [0.05, 0.1) is 0 Å². The topological polar surface area (TPSA) is 18.5 Å². The van der Waals surface area contributed by atoms with Crippen molar-refractivity contribution < 1.29 is 0 Å². The zero-order valence-corrected chi connectivity index (χ0v) is 11.6. The molecule has 2 heterocycles. The van der Waals surface area contributed by atoms with Gasteiger partial charge in [0.2, 0.25) is 0 Å². The summed E-state index contributed by atoms with van der Waals surface area (Å²) in [7, 11) is 0. The summed E-state index contributed by atoms with van der Waals surface area (Å²) in [6.07, 6.45) is 4.22. The molecule has 2 atom stereocenters. The van der Waals surface area contributed by atoms with Gasteiger partial charge in [0, 0.05) is 25.7 Å². The van der Waals surface area contributed by atoms with E-state index in [2.05, 4.69) is 29.0 Å². The average Bonchev–Trinajstić information content (AvgIpc) is 2.38. The first-order valence-corrected chi connectivity index (χ1v) is 7.46. The summed E-state index contributed by atoms with van der Waals surface area (Å²) in [5.41, 5.74) is 0. The van der Waals surface area contributed by atoms with E-state index >= 15 is 0 Å². The Morgan fingerprint density at radius 2 is 2.18 bits per heavy atom. The minimum absolute atomic E-state index is 0.748.